The van der Waals surface area contributed by atoms with Crippen LogP contribution in [0.2, 0.25) is 0 Å². The summed E-state index contributed by atoms with van der Waals surface area (Å²) in [5.74, 6) is 1.39. The fraction of sp³-hybridized carbons (Fsp3) is 0.571. The van der Waals surface area contributed by atoms with Gasteiger partial charge < -0.3 is 19.3 Å². The van der Waals surface area contributed by atoms with Gasteiger partial charge in [0.25, 0.3) is 0 Å². The molecule has 1 heterocycles. The Morgan fingerprint density at radius 3 is 2.33 bits per heavy atom. The maximum atomic E-state index is 10.8. The van der Waals surface area contributed by atoms with Crippen molar-refractivity contribution in [3.05, 3.63) is 23.8 Å². The molecule has 1 atom stereocenters. The van der Waals surface area contributed by atoms with Crippen LogP contribution in [0.15, 0.2) is 18.2 Å². The maximum Gasteiger partial charge on any atom is 0.122 e. The fourth-order valence-corrected chi connectivity index (χ4v) is 2.30. The second-order valence-corrected chi connectivity index (χ2v) is 4.60. The maximum absolute atomic E-state index is 10.8. The normalized spacial score (nSPS) is 24.4. The Morgan fingerprint density at radius 1 is 1.06 bits per heavy atom. The number of benzene rings is 1. The average molecular weight is 252 g/mol. The molecule has 2 rings (SSSR count). The summed E-state index contributed by atoms with van der Waals surface area (Å²) in [5, 5.41) is 10.8. The van der Waals surface area contributed by atoms with Crippen LogP contribution in [-0.2, 0) is 10.3 Å². The fourth-order valence-electron chi connectivity index (χ4n) is 2.30. The average Bonchev–Trinajstić information content (AvgIpc) is 2.64. The van der Waals surface area contributed by atoms with Crippen LogP contribution >= 0.6 is 0 Å². The summed E-state index contributed by atoms with van der Waals surface area (Å²) in [6, 6.07) is 5.54. The van der Waals surface area contributed by atoms with Crippen molar-refractivity contribution >= 4 is 0 Å². The third kappa shape index (κ3) is 2.76. The molecule has 0 bridgehead atoms. The molecule has 1 aromatic carbocycles. The molecule has 1 fully saturated rings. The monoisotopic (exact) mass is 252 g/mol. The lowest BCUT2D eigenvalue weighted by molar-refractivity contribution is 0.0140. The molecule has 0 aromatic heterocycles. The third-order valence-corrected chi connectivity index (χ3v) is 3.43. The van der Waals surface area contributed by atoms with Crippen molar-refractivity contribution < 1.29 is 19.3 Å². The van der Waals surface area contributed by atoms with Gasteiger partial charge in [-0.25, -0.2) is 0 Å². The molecular weight excluding hydrogens is 232 g/mol. The zero-order chi connectivity index (χ0) is 13.0. The van der Waals surface area contributed by atoms with Gasteiger partial charge in [-0.2, -0.15) is 0 Å². The van der Waals surface area contributed by atoms with Crippen LogP contribution in [0, 0.1) is 0 Å². The molecule has 0 amide bonds. The van der Waals surface area contributed by atoms with E-state index in [4.69, 9.17) is 14.2 Å². The second kappa shape index (κ2) is 5.59. The molecule has 4 nitrogen and oxygen atoms in total. The van der Waals surface area contributed by atoms with Crippen LogP contribution in [-0.4, -0.2) is 32.5 Å². The summed E-state index contributed by atoms with van der Waals surface area (Å²) in [5.41, 5.74) is -0.0117. The highest BCUT2D eigenvalue weighted by Crippen LogP contribution is 2.36. The van der Waals surface area contributed by atoms with Gasteiger partial charge in [-0.05, 0) is 30.5 Å². The molecule has 1 unspecified atom stereocenters. The van der Waals surface area contributed by atoms with Crippen molar-refractivity contribution in [2.24, 2.45) is 0 Å². The molecule has 0 spiro atoms. The predicted molar refractivity (Wildman–Crippen MR) is 68.1 cm³/mol. The van der Waals surface area contributed by atoms with E-state index in [1.54, 1.807) is 20.3 Å². The Kier molecular flexibility index (Phi) is 4.09. The van der Waals surface area contributed by atoms with Crippen LogP contribution in [0.5, 0.6) is 11.5 Å². The van der Waals surface area contributed by atoms with Crippen LogP contribution in [0.25, 0.3) is 0 Å². The van der Waals surface area contributed by atoms with E-state index in [2.05, 4.69) is 0 Å². The van der Waals surface area contributed by atoms with Crippen molar-refractivity contribution in [2.45, 2.75) is 24.9 Å². The summed E-state index contributed by atoms with van der Waals surface area (Å²) in [4.78, 5) is 0. The first-order valence-electron chi connectivity index (χ1n) is 6.21. The summed E-state index contributed by atoms with van der Waals surface area (Å²) in [6.45, 7) is 1.29. The van der Waals surface area contributed by atoms with Gasteiger partial charge in [0.05, 0.1) is 19.8 Å². The Labute approximate surface area is 107 Å². The molecule has 0 radical (unpaired) electrons. The van der Waals surface area contributed by atoms with Gasteiger partial charge in [0.1, 0.15) is 11.5 Å². The lowest BCUT2D eigenvalue weighted by atomic mass is 9.86. The molecule has 1 aliphatic rings. The first kappa shape index (κ1) is 13.2. The van der Waals surface area contributed by atoms with Crippen LogP contribution in [0.3, 0.4) is 0 Å². The Hall–Kier alpha value is -1.26. The SMILES string of the molecule is COc1cc(OC)cc(C2(O)CCCOCC2)c1. The summed E-state index contributed by atoms with van der Waals surface area (Å²) < 4.78 is 15.9. The van der Waals surface area contributed by atoms with E-state index < -0.39 is 5.60 Å². The molecule has 1 saturated heterocycles. The van der Waals surface area contributed by atoms with Gasteiger partial charge >= 0.3 is 0 Å². The van der Waals surface area contributed by atoms with E-state index in [0.29, 0.717) is 37.6 Å². The lowest BCUT2D eigenvalue weighted by Crippen LogP contribution is -2.26. The molecule has 18 heavy (non-hydrogen) atoms. The van der Waals surface area contributed by atoms with Crippen molar-refractivity contribution in [3.8, 4) is 11.5 Å². The molecule has 0 saturated carbocycles. The van der Waals surface area contributed by atoms with Crippen LogP contribution in [0.1, 0.15) is 24.8 Å². The number of aliphatic hydroxyl groups is 1. The van der Waals surface area contributed by atoms with Gasteiger partial charge in [0.15, 0.2) is 0 Å². The van der Waals surface area contributed by atoms with Crippen LogP contribution < -0.4 is 9.47 Å². The number of hydrogen-bond donors (Lipinski definition) is 1. The number of methoxy groups -OCH3 is 2. The minimum Gasteiger partial charge on any atom is -0.497 e. The largest absolute Gasteiger partial charge is 0.497 e. The number of ether oxygens (including phenoxy) is 3. The van der Waals surface area contributed by atoms with E-state index in [1.165, 1.54) is 0 Å². The highest BCUT2D eigenvalue weighted by molar-refractivity contribution is 5.41. The van der Waals surface area contributed by atoms with E-state index in [0.717, 1.165) is 12.0 Å². The topological polar surface area (TPSA) is 47.9 Å². The van der Waals surface area contributed by atoms with Crippen LogP contribution in [0.4, 0.5) is 0 Å². The Morgan fingerprint density at radius 2 is 1.72 bits per heavy atom. The highest BCUT2D eigenvalue weighted by Gasteiger charge is 2.31. The van der Waals surface area contributed by atoms with E-state index in [1.807, 2.05) is 12.1 Å². The smallest absolute Gasteiger partial charge is 0.122 e. The summed E-state index contributed by atoms with van der Waals surface area (Å²) in [7, 11) is 3.22. The molecule has 100 valence electrons. The first-order valence-corrected chi connectivity index (χ1v) is 6.21. The number of hydrogen-bond acceptors (Lipinski definition) is 4. The molecule has 1 aromatic rings. The van der Waals surface area contributed by atoms with Crippen molar-refractivity contribution in [1.29, 1.82) is 0 Å². The molecule has 1 N–H and O–H groups in total. The van der Waals surface area contributed by atoms with Crippen molar-refractivity contribution in [1.82, 2.24) is 0 Å². The van der Waals surface area contributed by atoms with Gasteiger partial charge in [-0.1, -0.05) is 0 Å². The zero-order valence-corrected chi connectivity index (χ0v) is 10.9. The predicted octanol–water partition coefficient (Wildman–Crippen LogP) is 2.09. The quantitative estimate of drug-likeness (QED) is 0.895. The van der Waals surface area contributed by atoms with Gasteiger partial charge in [-0.3, -0.25) is 0 Å². The molecular formula is C14H20O4. The van der Waals surface area contributed by atoms with E-state index in [-0.39, 0.29) is 0 Å². The van der Waals surface area contributed by atoms with Crippen molar-refractivity contribution in [2.75, 3.05) is 27.4 Å². The lowest BCUT2D eigenvalue weighted by Gasteiger charge is -2.27. The van der Waals surface area contributed by atoms with E-state index >= 15 is 0 Å². The standard InChI is InChI=1S/C14H20O4/c1-16-12-8-11(9-13(10-12)17-2)14(15)4-3-6-18-7-5-14/h8-10,15H,3-7H2,1-2H3. The molecule has 1 aliphatic heterocycles. The van der Waals surface area contributed by atoms with Gasteiger partial charge in [-0.15, -0.1) is 0 Å². The Bertz CT molecular complexity index is 373. The molecule has 4 heteroatoms. The van der Waals surface area contributed by atoms with Gasteiger partial charge in [0, 0.05) is 25.7 Å². The number of rotatable bonds is 3. The molecule has 0 aliphatic carbocycles. The van der Waals surface area contributed by atoms with Crippen molar-refractivity contribution in [3.63, 3.8) is 0 Å². The van der Waals surface area contributed by atoms with E-state index in [9.17, 15) is 5.11 Å². The minimum atomic E-state index is -0.849. The van der Waals surface area contributed by atoms with Gasteiger partial charge in [0.2, 0.25) is 0 Å². The summed E-state index contributed by atoms with van der Waals surface area (Å²) >= 11 is 0. The minimum absolute atomic E-state index is 0.579. The summed E-state index contributed by atoms with van der Waals surface area (Å²) in [6.07, 6.45) is 2.16. The Balaban J connectivity index is 2.35. The highest BCUT2D eigenvalue weighted by atomic mass is 16.5. The third-order valence-electron chi connectivity index (χ3n) is 3.43. The first-order chi connectivity index (χ1) is 8.68. The zero-order valence-electron chi connectivity index (χ0n) is 10.9. The second-order valence-electron chi connectivity index (χ2n) is 4.60.